The van der Waals surface area contributed by atoms with Crippen LogP contribution in [0.5, 0.6) is 11.5 Å². The number of carbonyl (C=O) groups is 2. The molecule has 3 atom stereocenters. The number of nitrogens with one attached hydrogen (secondary N) is 1. The first-order valence-electron chi connectivity index (χ1n) is 12.2. The van der Waals surface area contributed by atoms with Crippen LogP contribution in [0.3, 0.4) is 0 Å². The van der Waals surface area contributed by atoms with Crippen LogP contribution in [0.4, 0.5) is 0 Å². The van der Waals surface area contributed by atoms with E-state index in [9.17, 15) is 19.6 Å². The lowest BCUT2D eigenvalue weighted by molar-refractivity contribution is -0.592. The minimum Gasteiger partial charge on any atom is -0.481 e. The molecule has 3 unspecified atom stereocenters. The van der Waals surface area contributed by atoms with Crippen LogP contribution in [0.15, 0.2) is 48.5 Å². The predicted molar refractivity (Wildman–Crippen MR) is 126 cm³/mol. The maximum absolute atomic E-state index is 13.7. The molecule has 2 aliphatic heterocycles. The molecule has 0 aromatic heterocycles. The molecule has 0 radical (unpaired) electrons. The molecule has 2 aromatic carbocycles. The zero-order valence-corrected chi connectivity index (χ0v) is 19.6. The van der Waals surface area contributed by atoms with E-state index in [0.29, 0.717) is 17.7 Å². The van der Waals surface area contributed by atoms with E-state index < -0.39 is 22.8 Å². The number of carboxylic acid groups (broad SMARTS) is 1. The molecular weight excluding hydrogens is 432 g/mol. The van der Waals surface area contributed by atoms with Crippen LogP contribution in [0, 0.1) is 22.2 Å². The Morgan fingerprint density at radius 2 is 1.74 bits per heavy atom. The van der Waals surface area contributed by atoms with Gasteiger partial charge in [-0.15, -0.1) is 5.43 Å². The smallest absolute Gasteiger partial charge is 0.306 e. The molecule has 5 rings (SSSR count). The summed E-state index contributed by atoms with van der Waals surface area (Å²) in [7, 11) is 0. The van der Waals surface area contributed by atoms with E-state index in [1.54, 1.807) is 6.92 Å². The fraction of sp³-hybridized carbons (Fsp3) is 0.481. The summed E-state index contributed by atoms with van der Waals surface area (Å²) in [5, 5.41) is 9.90. The molecule has 34 heavy (non-hydrogen) atoms. The maximum atomic E-state index is 13.7. The van der Waals surface area contributed by atoms with Crippen molar-refractivity contribution in [2.75, 3.05) is 6.54 Å². The first-order valence-corrected chi connectivity index (χ1v) is 12.2. The second-order valence-corrected chi connectivity index (χ2v) is 10.1. The number of aliphatic carboxylic acids is 1. The van der Waals surface area contributed by atoms with Gasteiger partial charge in [-0.05, 0) is 43.7 Å². The Hall–Kier alpha value is -3.22. The van der Waals surface area contributed by atoms with E-state index in [2.05, 4.69) is 5.43 Å². The summed E-state index contributed by atoms with van der Waals surface area (Å²) in [6, 6.07) is 15.6. The molecule has 1 saturated carbocycles. The number of Topliss-reactive ketones (excluding diaryl/α,β-unsaturated/α-hetero) is 1. The third-order valence-corrected chi connectivity index (χ3v) is 8.34. The van der Waals surface area contributed by atoms with Crippen LogP contribution >= 0.6 is 0 Å². The highest BCUT2D eigenvalue weighted by Crippen LogP contribution is 2.66. The number of ketones is 1. The number of nitrogens with zero attached hydrogens (tertiary/aromatic N) is 1. The van der Waals surface area contributed by atoms with E-state index in [1.165, 1.54) is 0 Å². The topological polar surface area (TPSA) is 95.7 Å². The molecule has 2 aromatic rings. The Bertz CT molecular complexity index is 1110. The van der Waals surface area contributed by atoms with Crippen molar-refractivity contribution in [2.45, 2.75) is 57.4 Å². The number of ether oxygens (including phenoxy) is 1. The van der Waals surface area contributed by atoms with Gasteiger partial charge in [-0.3, -0.25) is 9.59 Å². The lowest BCUT2D eigenvalue weighted by Crippen LogP contribution is -2.59. The van der Waals surface area contributed by atoms with Gasteiger partial charge >= 0.3 is 5.97 Å². The largest absolute Gasteiger partial charge is 0.481 e. The molecule has 0 bridgehead atoms. The molecule has 0 spiro atoms. The summed E-state index contributed by atoms with van der Waals surface area (Å²) in [6.45, 7) is 3.55. The van der Waals surface area contributed by atoms with Crippen molar-refractivity contribution >= 4 is 11.8 Å². The van der Waals surface area contributed by atoms with E-state index in [1.807, 2.05) is 55.5 Å². The van der Waals surface area contributed by atoms with Gasteiger partial charge < -0.3 is 9.84 Å². The number of hydrazine groups is 1. The van der Waals surface area contributed by atoms with Crippen molar-refractivity contribution in [1.82, 2.24) is 5.43 Å². The average molecular weight is 464 g/mol. The molecular formula is C27H31N2O5+. The zero-order valence-electron chi connectivity index (χ0n) is 19.6. The minimum atomic E-state index is -1.12. The lowest BCUT2D eigenvalue weighted by Gasteiger charge is -2.42. The molecule has 7 nitrogen and oxygen atoms in total. The first-order chi connectivity index (χ1) is 16.3. The third-order valence-electron chi connectivity index (χ3n) is 8.34. The summed E-state index contributed by atoms with van der Waals surface area (Å²) in [5.74, 6) is -0.471. The molecule has 1 saturated heterocycles. The molecule has 0 amide bonds. The second-order valence-electron chi connectivity index (χ2n) is 10.1. The Morgan fingerprint density at radius 3 is 2.21 bits per heavy atom. The molecule has 2 N–H and O–H groups in total. The van der Waals surface area contributed by atoms with Gasteiger partial charge in [0.05, 0.1) is 10.8 Å². The predicted octanol–water partition coefficient (Wildman–Crippen LogP) is 4.84. The molecule has 2 heterocycles. The average Bonchev–Trinajstić information content (AvgIpc) is 3.57. The molecule has 1 aliphatic carbocycles. The Balaban J connectivity index is 1.64. The summed E-state index contributed by atoms with van der Waals surface area (Å²) in [4.78, 5) is 39.0. The van der Waals surface area contributed by atoms with Crippen LogP contribution < -0.4 is 10.2 Å². The number of benzene rings is 2. The van der Waals surface area contributed by atoms with E-state index in [4.69, 9.17) is 4.74 Å². The second kappa shape index (κ2) is 8.22. The molecule has 2 fully saturated rings. The monoisotopic (exact) mass is 463 g/mol. The van der Waals surface area contributed by atoms with Gasteiger partial charge in [0.1, 0.15) is 16.4 Å². The van der Waals surface area contributed by atoms with Crippen LogP contribution in [0.25, 0.3) is 0 Å². The maximum Gasteiger partial charge on any atom is 0.306 e. The number of hydrogen-bond donors (Lipinski definition) is 2. The number of carboxylic acids is 1. The number of carbonyl (C=O) groups excluding carboxylic acids is 1. The van der Waals surface area contributed by atoms with Gasteiger partial charge in [-0.25, -0.2) is 0 Å². The van der Waals surface area contributed by atoms with Crippen molar-refractivity contribution in [3.8, 4) is 11.5 Å². The standard InChI is InChI=1S/C27H30N2O5/c1-3-8-21(17(2)25(31)32)26(13-14-26)27(24(30)16-29(33)28-27)15-20-18-9-4-6-11-22(18)34-23-12-7-5-10-19(20)23/h4-7,9-12,17,20-21H,3,8,13-16H2,1-2H3,(H-,28,31,32,33)/p+1. The number of hydrogen-bond acceptors (Lipinski definition) is 4. The summed E-state index contributed by atoms with van der Waals surface area (Å²) < 4.78 is 6.15. The first kappa shape index (κ1) is 22.6. The number of para-hydroxylation sites is 2. The Labute approximate surface area is 199 Å². The third kappa shape index (κ3) is 3.32. The van der Waals surface area contributed by atoms with Gasteiger partial charge in [0, 0.05) is 22.5 Å². The molecule has 3 aliphatic rings. The number of nitroso groups, excluding NO2 is 1. The molecule has 7 heteroatoms. The quantitative estimate of drug-likeness (QED) is 0.544. The van der Waals surface area contributed by atoms with Crippen molar-refractivity contribution in [3.05, 3.63) is 64.6 Å². The van der Waals surface area contributed by atoms with Crippen LogP contribution in [-0.2, 0) is 9.59 Å². The summed E-state index contributed by atoms with van der Waals surface area (Å²) in [6.07, 6.45) is 3.36. The molecule has 178 valence electrons. The highest BCUT2D eigenvalue weighted by molar-refractivity contribution is 5.92. The summed E-state index contributed by atoms with van der Waals surface area (Å²) in [5.41, 5.74) is 3.32. The van der Waals surface area contributed by atoms with Crippen LogP contribution in [0.1, 0.15) is 63.0 Å². The van der Waals surface area contributed by atoms with Crippen molar-refractivity contribution in [1.29, 1.82) is 0 Å². The number of fused-ring (bicyclic) bond motifs is 2. The summed E-state index contributed by atoms with van der Waals surface area (Å²) >= 11 is 0. The van der Waals surface area contributed by atoms with Gasteiger partial charge in [0.25, 0.3) is 6.54 Å². The van der Waals surface area contributed by atoms with Gasteiger partial charge in [-0.2, -0.15) is 0 Å². The van der Waals surface area contributed by atoms with E-state index >= 15 is 0 Å². The van der Waals surface area contributed by atoms with Gasteiger partial charge in [-0.1, -0.05) is 56.7 Å². The Kier molecular flexibility index (Phi) is 5.46. The van der Waals surface area contributed by atoms with Crippen molar-refractivity contribution < 1.29 is 24.3 Å². The highest BCUT2D eigenvalue weighted by Gasteiger charge is 2.73. The lowest BCUT2D eigenvalue weighted by atomic mass is 9.61. The van der Waals surface area contributed by atoms with Crippen molar-refractivity contribution in [2.24, 2.45) is 17.3 Å². The highest BCUT2D eigenvalue weighted by atomic mass is 16.5. The minimum absolute atomic E-state index is 0.139. The van der Waals surface area contributed by atoms with Gasteiger partial charge in [0.2, 0.25) is 5.78 Å². The number of rotatable bonds is 8. The Morgan fingerprint density at radius 1 is 1.15 bits per heavy atom. The zero-order chi connectivity index (χ0) is 24.1. The van der Waals surface area contributed by atoms with Crippen LogP contribution in [0.2, 0.25) is 0 Å². The fourth-order valence-electron chi connectivity index (χ4n) is 6.60. The normalized spacial score (nSPS) is 24.4. The SMILES string of the molecule is CCCC(C(C)C(=O)O)C1(C2(CC3c4ccccc4Oc4ccccc43)N[N+](=O)CC2=O)CC1. The van der Waals surface area contributed by atoms with Crippen molar-refractivity contribution in [3.63, 3.8) is 0 Å². The van der Waals surface area contributed by atoms with E-state index in [0.717, 1.165) is 41.9 Å². The van der Waals surface area contributed by atoms with E-state index in [-0.39, 0.29) is 24.2 Å². The fourth-order valence-corrected chi connectivity index (χ4v) is 6.60. The van der Waals surface area contributed by atoms with Crippen LogP contribution in [-0.4, -0.2) is 33.8 Å². The van der Waals surface area contributed by atoms with Gasteiger partial charge in [0.15, 0.2) is 5.54 Å².